The van der Waals surface area contributed by atoms with Gasteiger partial charge < -0.3 is 4.98 Å². The predicted molar refractivity (Wildman–Crippen MR) is 113 cm³/mol. The number of ketones is 1. The maximum absolute atomic E-state index is 12.6. The Bertz CT molecular complexity index is 1140. The predicted octanol–water partition coefficient (Wildman–Crippen LogP) is 6.69. The van der Waals surface area contributed by atoms with Crippen LogP contribution in [-0.4, -0.2) is 10.8 Å². The van der Waals surface area contributed by atoms with Gasteiger partial charge in [0, 0.05) is 27.1 Å². The molecular formula is C24H18ClNO. The number of aromatic amines is 1. The fraction of sp³-hybridized carbons (Fsp3) is 0.0417. The highest BCUT2D eigenvalue weighted by atomic mass is 35.5. The molecule has 0 saturated heterocycles. The summed E-state index contributed by atoms with van der Waals surface area (Å²) in [6.45, 7) is 2.07. The van der Waals surface area contributed by atoms with E-state index in [1.165, 1.54) is 5.56 Å². The van der Waals surface area contributed by atoms with Crippen molar-refractivity contribution in [2.24, 2.45) is 0 Å². The Morgan fingerprint density at radius 2 is 1.70 bits per heavy atom. The largest absolute Gasteiger partial charge is 0.354 e. The van der Waals surface area contributed by atoms with Crippen LogP contribution in [0.25, 0.3) is 28.2 Å². The first-order chi connectivity index (χ1) is 13.1. The Morgan fingerprint density at radius 1 is 0.963 bits per heavy atom. The smallest absolute Gasteiger partial charge is 0.185 e. The van der Waals surface area contributed by atoms with E-state index >= 15 is 0 Å². The molecule has 2 nitrogen and oxygen atoms in total. The van der Waals surface area contributed by atoms with Gasteiger partial charge in [-0.25, -0.2) is 0 Å². The fourth-order valence-corrected chi connectivity index (χ4v) is 3.33. The third kappa shape index (κ3) is 3.57. The molecule has 132 valence electrons. The molecule has 0 fully saturated rings. The van der Waals surface area contributed by atoms with Crippen LogP contribution in [0.1, 0.15) is 21.5 Å². The average Bonchev–Trinajstić information content (AvgIpc) is 3.05. The van der Waals surface area contributed by atoms with E-state index < -0.39 is 0 Å². The molecule has 0 unspecified atom stereocenters. The highest BCUT2D eigenvalue weighted by Crippen LogP contribution is 2.32. The van der Waals surface area contributed by atoms with Gasteiger partial charge in [-0.15, -0.1) is 0 Å². The van der Waals surface area contributed by atoms with Gasteiger partial charge in [0.15, 0.2) is 5.78 Å². The van der Waals surface area contributed by atoms with Gasteiger partial charge in [-0.3, -0.25) is 4.79 Å². The van der Waals surface area contributed by atoms with Gasteiger partial charge in [-0.1, -0.05) is 53.6 Å². The van der Waals surface area contributed by atoms with Gasteiger partial charge in [0.1, 0.15) is 0 Å². The second-order valence-corrected chi connectivity index (χ2v) is 6.97. The lowest BCUT2D eigenvalue weighted by Crippen LogP contribution is -1.93. The first-order valence-electron chi connectivity index (χ1n) is 8.77. The van der Waals surface area contributed by atoms with E-state index in [1.54, 1.807) is 30.3 Å². The third-order valence-electron chi connectivity index (χ3n) is 4.59. The first kappa shape index (κ1) is 17.3. The molecule has 0 radical (unpaired) electrons. The third-order valence-corrected chi connectivity index (χ3v) is 4.84. The zero-order valence-electron chi connectivity index (χ0n) is 14.9. The normalized spacial score (nSPS) is 11.3. The van der Waals surface area contributed by atoms with Crippen LogP contribution >= 0.6 is 11.6 Å². The quantitative estimate of drug-likeness (QED) is 0.314. The lowest BCUT2D eigenvalue weighted by atomic mass is 10.0. The Kier molecular flexibility index (Phi) is 4.66. The van der Waals surface area contributed by atoms with Crippen LogP contribution < -0.4 is 0 Å². The summed E-state index contributed by atoms with van der Waals surface area (Å²) in [7, 11) is 0. The number of allylic oxidation sites excluding steroid dienone is 1. The maximum Gasteiger partial charge on any atom is 0.185 e. The van der Waals surface area contributed by atoms with E-state index in [0.29, 0.717) is 10.6 Å². The topological polar surface area (TPSA) is 32.9 Å². The summed E-state index contributed by atoms with van der Waals surface area (Å²) < 4.78 is 0. The zero-order chi connectivity index (χ0) is 18.8. The summed E-state index contributed by atoms with van der Waals surface area (Å²) in [5.41, 5.74) is 5.97. The number of rotatable bonds is 4. The molecule has 1 heterocycles. The van der Waals surface area contributed by atoms with Gasteiger partial charge in [-0.2, -0.15) is 0 Å². The minimum atomic E-state index is -0.0484. The SMILES string of the molecule is Cc1ccc2[nH]c(-c3ccccc3)c(/C=C/C(=O)c3ccc(Cl)cc3)c2c1. The van der Waals surface area contributed by atoms with E-state index in [0.717, 1.165) is 27.7 Å². The minimum absolute atomic E-state index is 0.0484. The minimum Gasteiger partial charge on any atom is -0.354 e. The number of hydrogen-bond acceptors (Lipinski definition) is 1. The molecule has 1 aromatic heterocycles. The van der Waals surface area contributed by atoms with Crippen molar-refractivity contribution < 1.29 is 4.79 Å². The summed E-state index contributed by atoms with van der Waals surface area (Å²) in [6.07, 6.45) is 3.53. The van der Waals surface area contributed by atoms with Gasteiger partial charge in [0.05, 0.1) is 5.69 Å². The number of halogens is 1. The van der Waals surface area contributed by atoms with Crippen molar-refractivity contribution in [2.75, 3.05) is 0 Å². The number of benzene rings is 3. The van der Waals surface area contributed by atoms with Crippen molar-refractivity contribution in [1.82, 2.24) is 4.98 Å². The number of fused-ring (bicyclic) bond motifs is 1. The van der Waals surface area contributed by atoms with Crippen LogP contribution in [0.4, 0.5) is 0 Å². The van der Waals surface area contributed by atoms with Crippen LogP contribution in [0.2, 0.25) is 5.02 Å². The van der Waals surface area contributed by atoms with Crippen molar-refractivity contribution in [3.8, 4) is 11.3 Å². The Labute approximate surface area is 163 Å². The molecular weight excluding hydrogens is 354 g/mol. The number of carbonyl (C=O) groups excluding carboxylic acids is 1. The lowest BCUT2D eigenvalue weighted by molar-refractivity contribution is 0.104. The monoisotopic (exact) mass is 371 g/mol. The molecule has 4 rings (SSSR count). The zero-order valence-corrected chi connectivity index (χ0v) is 15.6. The molecule has 0 amide bonds. The van der Waals surface area contributed by atoms with E-state index in [4.69, 9.17) is 11.6 Å². The summed E-state index contributed by atoms with van der Waals surface area (Å²) in [4.78, 5) is 16.1. The Hall–Kier alpha value is -3.10. The molecule has 0 spiro atoms. The van der Waals surface area contributed by atoms with Crippen LogP contribution in [0.5, 0.6) is 0 Å². The van der Waals surface area contributed by atoms with Crippen molar-refractivity contribution in [3.05, 3.63) is 101 Å². The summed E-state index contributed by atoms with van der Waals surface area (Å²) >= 11 is 5.91. The number of aromatic nitrogens is 1. The molecule has 0 saturated carbocycles. The Morgan fingerprint density at radius 3 is 2.44 bits per heavy atom. The van der Waals surface area contributed by atoms with Crippen molar-refractivity contribution in [1.29, 1.82) is 0 Å². The number of H-pyrrole nitrogens is 1. The molecule has 3 aromatic carbocycles. The summed E-state index contributed by atoms with van der Waals surface area (Å²) in [5.74, 6) is -0.0484. The average molecular weight is 372 g/mol. The molecule has 0 aliphatic heterocycles. The fourth-order valence-electron chi connectivity index (χ4n) is 3.20. The van der Waals surface area contributed by atoms with E-state index in [2.05, 4.69) is 42.2 Å². The van der Waals surface area contributed by atoms with Crippen molar-refractivity contribution in [2.45, 2.75) is 6.92 Å². The van der Waals surface area contributed by atoms with E-state index in [-0.39, 0.29) is 5.78 Å². The van der Waals surface area contributed by atoms with Gasteiger partial charge >= 0.3 is 0 Å². The number of carbonyl (C=O) groups is 1. The van der Waals surface area contributed by atoms with E-state index in [1.807, 2.05) is 24.3 Å². The molecule has 1 N–H and O–H groups in total. The molecule has 0 bridgehead atoms. The number of hydrogen-bond donors (Lipinski definition) is 1. The molecule has 0 atom stereocenters. The molecule has 3 heteroatoms. The van der Waals surface area contributed by atoms with Crippen LogP contribution in [-0.2, 0) is 0 Å². The summed E-state index contributed by atoms with van der Waals surface area (Å²) in [6, 6.07) is 23.4. The summed E-state index contributed by atoms with van der Waals surface area (Å²) in [5, 5.41) is 1.73. The molecule has 0 aliphatic rings. The Balaban J connectivity index is 1.80. The molecule has 0 aliphatic carbocycles. The van der Waals surface area contributed by atoms with Crippen molar-refractivity contribution >= 4 is 34.4 Å². The van der Waals surface area contributed by atoms with Gasteiger partial charge in [0.2, 0.25) is 0 Å². The second-order valence-electron chi connectivity index (χ2n) is 6.53. The first-order valence-corrected chi connectivity index (χ1v) is 9.15. The highest BCUT2D eigenvalue weighted by molar-refractivity contribution is 6.30. The number of aryl methyl sites for hydroxylation is 1. The van der Waals surface area contributed by atoms with Crippen LogP contribution in [0.15, 0.2) is 78.9 Å². The number of nitrogens with one attached hydrogen (secondary N) is 1. The van der Waals surface area contributed by atoms with Crippen LogP contribution in [0.3, 0.4) is 0 Å². The highest BCUT2D eigenvalue weighted by Gasteiger charge is 2.12. The molecule has 4 aromatic rings. The second kappa shape index (κ2) is 7.26. The van der Waals surface area contributed by atoms with E-state index in [9.17, 15) is 4.79 Å². The van der Waals surface area contributed by atoms with Crippen LogP contribution in [0, 0.1) is 6.92 Å². The maximum atomic E-state index is 12.6. The molecule has 27 heavy (non-hydrogen) atoms. The van der Waals surface area contributed by atoms with Crippen molar-refractivity contribution in [3.63, 3.8) is 0 Å². The van der Waals surface area contributed by atoms with Gasteiger partial charge in [0.25, 0.3) is 0 Å². The standard InChI is InChI=1S/C24H18ClNO/c1-16-7-13-22-21(15-16)20(24(26-22)18-5-3-2-4-6-18)12-14-23(27)17-8-10-19(25)11-9-17/h2-15,26H,1H3/b14-12+. The lowest BCUT2D eigenvalue weighted by Gasteiger charge is -2.01. The van der Waals surface area contributed by atoms with Gasteiger partial charge in [-0.05, 0) is 61.0 Å².